The largest absolute Gasteiger partial charge is 0.369 e. The Kier molecular flexibility index (Phi) is 4.46. The molecule has 0 bridgehead atoms. The molecule has 0 unspecified atom stereocenters. The third-order valence-electron chi connectivity index (χ3n) is 3.79. The molecule has 7 heteroatoms. The van der Waals surface area contributed by atoms with Gasteiger partial charge in [-0.2, -0.15) is 0 Å². The molecular formula is C14H15ClF2N2O2. The molecule has 2 amide bonds. The number of hydrogen-bond donors (Lipinski definition) is 1. The van der Waals surface area contributed by atoms with E-state index in [1.807, 2.05) is 6.92 Å². The number of amides is 2. The summed E-state index contributed by atoms with van der Waals surface area (Å²) in [7, 11) is 0. The molecule has 1 heterocycles. The van der Waals surface area contributed by atoms with Crippen molar-refractivity contribution in [3.63, 3.8) is 0 Å². The van der Waals surface area contributed by atoms with Crippen LogP contribution >= 0.6 is 11.6 Å². The predicted molar refractivity (Wildman–Crippen MR) is 73.8 cm³/mol. The number of carbonyl (C=O) groups is 2. The fourth-order valence-corrected chi connectivity index (χ4v) is 2.69. The molecule has 0 radical (unpaired) electrons. The molecule has 1 aromatic rings. The van der Waals surface area contributed by atoms with Gasteiger partial charge in [0, 0.05) is 12.6 Å². The average Bonchev–Trinajstić information content (AvgIpc) is 2.42. The Labute approximate surface area is 125 Å². The van der Waals surface area contributed by atoms with Crippen molar-refractivity contribution < 1.29 is 18.4 Å². The van der Waals surface area contributed by atoms with Crippen molar-refractivity contribution in [3.8, 4) is 0 Å². The molecule has 1 saturated heterocycles. The van der Waals surface area contributed by atoms with Crippen molar-refractivity contribution in [1.82, 2.24) is 4.90 Å². The topological polar surface area (TPSA) is 63.4 Å². The average molecular weight is 317 g/mol. The fraction of sp³-hybridized carbons (Fsp3) is 0.429. The number of nitrogens with zero attached hydrogens (tertiary/aromatic N) is 1. The van der Waals surface area contributed by atoms with Crippen molar-refractivity contribution in [2.45, 2.75) is 25.8 Å². The van der Waals surface area contributed by atoms with E-state index in [4.69, 9.17) is 17.3 Å². The SMILES string of the molecule is C[C@@H]1CC[C@H](C(N)=O)CN1C(=O)c1cc(F)c(F)cc1Cl. The lowest BCUT2D eigenvalue weighted by Gasteiger charge is -2.37. The van der Waals surface area contributed by atoms with Crippen molar-refractivity contribution in [2.24, 2.45) is 11.7 Å². The quantitative estimate of drug-likeness (QED) is 0.851. The first-order valence-electron chi connectivity index (χ1n) is 6.56. The number of hydrogen-bond acceptors (Lipinski definition) is 2. The number of benzene rings is 1. The predicted octanol–water partition coefficient (Wildman–Crippen LogP) is 2.34. The molecule has 1 fully saturated rings. The molecule has 1 aromatic carbocycles. The monoisotopic (exact) mass is 316 g/mol. The van der Waals surface area contributed by atoms with Crippen LogP contribution < -0.4 is 5.73 Å². The number of carbonyl (C=O) groups excluding carboxylic acids is 2. The molecule has 2 N–H and O–H groups in total. The summed E-state index contributed by atoms with van der Waals surface area (Å²) < 4.78 is 26.4. The lowest BCUT2D eigenvalue weighted by Crippen LogP contribution is -2.48. The summed E-state index contributed by atoms with van der Waals surface area (Å²) in [6.45, 7) is 1.98. The summed E-state index contributed by atoms with van der Waals surface area (Å²) in [5, 5.41) is -0.160. The number of piperidine rings is 1. The fourth-order valence-electron chi connectivity index (χ4n) is 2.46. The smallest absolute Gasteiger partial charge is 0.255 e. The minimum Gasteiger partial charge on any atom is -0.369 e. The summed E-state index contributed by atoms with van der Waals surface area (Å²) in [6.07, 6.45) is 1.21. The van der Waals surface area contributed by atoms with Crippen LogP contribution in [0.4, 0.5) is 8.78 Å². The summed E-state index contributed by atoms with van der Waals surface area (Å²) in [5.41, 5.74) is 5.16. The van der Waals surface area contributed by atoms with Crippen LogP contribution in [0.25, 0.3) is 0 Å². The van der Waals surface area contributed by atoms with Gasteiger partial charge in [-0.25, -0.2) is 8.78 Å². The van der Waals surface area contributed by atoms with Crippen LogP contribution in [-0.2, 0) is 4.79 Å². The second kappa shape index (κ2) is 5.97. The number of primary amides is 1. The second-order valence-electron chi connectivity index (χ2n) is 5.23. The molecular weight excluding hydrogens is 302 g/mol. The second-order valence-corrected chi connectivity index (χ2v) is 5.64. The maximum Gasteiger partial charge on any atom is 0.255 e. The van der Waals surface area contributed by atoms with Crippen LogP contribution in [0.2, 0.25) is 5.02 Å². The van der Waals surface area contributed by atoms with E-state index in [1.165, 1.54) is 4.90 Å². The van der Waals surface area contributed by atoms with Gasteiger partial charge < -0.3 is 10.6 Å². The Bertz CT molecular complexity index is 595. The van der Waals surface area contributed by atoms with Crippen molar-refractivity contribution in [2.75, 3.05) is 6.54 Å². The highest BCUT2D eigenvalue weighted by Gasteiger charge is 2.33. The van der Waals surface area contributed by atoms with Gasteiger partial charge in [0.25, 0.3) is 5.91 Å². The molecule has 0 aromatic heterocycles. The third-order valence-corrected chi connectivity index (χ3v) is 4.10. The molecule has 0 spiro atoms. The Balaban J connectivity index is 2.30. The zero-order valence-electron chi connectivity index (χ0n) is 11.4. The molecule has 0 aliphatic carbocycles. The van der Waals surface area contributed by atoms with E-state index in [0.29, 0.717) is 12.8 Å². The molecule has 1 aliphatic rings. The van der Waals surface area contributed by atoms with Gasteiger partial charge in [0.2, 0.25) is 5.91 Å². The molecule has 0 saturated carbocycles. The Morgan fingerprint density at radius 1 is 1.29 bits per heavy atom. The van der Waals surface area contributed by atoms with Crippen LogP contribution in [0, 0.1) is 17.6 Å². The molecule has 1 aliphatic heterocycles. The summed E-state index contributed by atoms with van der Waals surface area (Å²) >= 11 is 5.82. The van der Waals surface area contributed by atoms with Gasteiger partial charge in [0.15, 0.2) is 11.6 Å². The Morgan fingerprint density at radius 2 is 1.90 bits per heavy atom. The van der Waals surface area contributed by atoms with Gasteiger partial charge in [0.1, 0.15) is 0 Å². The highest BCUT2D eigenvalue weighted by molar-refractivity contribution is 6.33. The number of likely N-dealkylation sites (tertiary alicyclic amines) is 1. The molecule has 21 heavy (non-hydrogen) atoms. The third kappa shape index (κ3) is 3.15. The summed E-state index contributed by atoms with van der Waals surface area (Å²) in [4.78, 5) is 25.2. The summed E-state index contributed by atoms with van der Waals surface area (Å²) in [5.74, 6) is -3.69. The van der Waals surface area contributed by atoms with E-state index in [9.17, 15) is 18.4 Å². The van der Waals surface area contributed by atoms with Gasteiger partial charge >= 0.3 is 0 Å². The van der Waals surface area contributed by atoms with Gasteiger partial charge in [-0.05, 0) is 31.9 Å². The highest BCUT2D eigenvalue weighted by Crippen LogP contribution is 2.27. The zero-order valence-corrected chi connectivity index (χ0v) is 12.2. The summed E-state index contributed by atoms with van der Waals surface area (Å²) in [6, 6.07) is 1.42. The molecule has 2 rings (SSSR count). The minimum atomic E-state index is -1.14. The van der Waals surface area contributed by atoms with Crippen LogP contribution in [-0.4, -0.2) is 29.3 Å². The molecule has 4 nitrogen and oxygen atoms in total. The first-order valence-corrected chi connectivity index (χ1v) is 6.94. The van der Waals surface area contributed by atoms with E-state index in [1.54, 1.807) is 0 Å². The van der Waals surface area contributed by atoms with E-state index in [-0.39, 0.29) is 23.2 Å². The van der Waals surface area contributed by atoms with Gasteiger partial charge in [-0.1, -0.05) is 11.6 Å². The number of rotatable bonds is 2. The van der Waals surface area contributed by atoms with E-state index in [0.717, 1.165) is 12.1 Å². The normalized spacial score (nSPS) is 22.2. The number of halogens is 3. The zero-order chi connectivity index (χ0) is 15.7. The maximum absolute atomic E-state index is 13.3. The van der Waals surface area contributed by atoms with Crippen LogP contribution in [0.5, 0.6) is 0 Å². The van der Waals surface area contributed by atoms with E-state index < -0.39 is 29.4 Å². The van der Waals surface area contributed by atoms with Gasteiger partial charge in [-0.3, -0.25) is 9.59 Å². The van der Waals surface area contributed by atoms with Gasteiger partial charge in [0.05, 0.1) is 16.5 Å². The standard InChI is InChI=1S/C14H15ClF2N2O2/c1-7-2-3-8(13(18)20)6-19(7)14(21)9-4-11(16)12(17)5-10(9)15/h4-5,7-8H,2-3,6H2,1H3,(H2,18,20)/t7-,8+/m1/s1. The van der Waals surface area contributed by atoms with E-state index >= 15 is 0 Å². The molecule has 114 valence electrons. The first-order chi connectivity index (χ1) is 9.81. The van der Waals surface area contributed by atoms with Crippen LogP contribution in [0.15, 0.2) is 12.1 Å². The maximum atomic E-state index is 13.3. The highest BCUT2D eigenvalue weighted by atomic mass is 35.5. The Hall–Kier alpha value is -1.69. The van der Waals surface area contributed by atoms with Crippen LogP contribution in [0.1, 0.15) is 30.1 Å². The molecule has 2 atom stereocenters. The van der Waals surface area contributed by atoms with Gasteiger partial charge in [-0.15, -0.1) is 0 Å². The Morgan fingerprint density at radius 3 is 2.52 bits per heavy atom. The van der Waals surface area contributed by atoms with Crippen molar-refractivity contribution in [3.05, 3.63) is 34.4 Å². The van der Waals surface area contributed by atoms with Crippen LogP contribution in [0.3, 0.4) is 0 Å². The minimum absolute atomic E-state index is 0.118. The van der Waals surface area contributed by atoms with Crippen molar-refractivity contribution in [1.29, 1.82) is 0 Å². The van der Waals surface area contributed by atoms with Crippen molar-refractivity contribution >= 4 is 23.4 Å². The lowest BCUT2D eigenvalue weighted by atomic mass is 9.92. The van der Waals surface area contributed by atoms with E-state index in [2.05, 4.69) is 0 Å². The number of nitrogens with two attached hydrogens (primary N) is 1. The first kappa shape index (κ1) is 15.7. The lowest BCUT2D eigenvalue weighted by molar-refractivity contribution is -0.123.